The van der Waals surface area contributed by atoms with Crippen LogP contribution in [0.4, 0.5) is 0 Å². The molecule has 4 nitrogen and oxygen atoms in total. The maximum Gasteiger partial charge on any atom is 0.263 e. The van der Waals surface area contributed by atoms with Gasteiger partial charge in [0.2, 0.25) is 0 Å². The third-order valence-electron chi connectivity index (χ3n) is 4.23. The molecule has 1 aromatic rings. The zero-order valence-corrected chi connectivity index (χ0v) is 12.2. The van der Waals surface area contributed by atoms with Crippen LogP contribution in [0, 0.1) is 20.8 Å². The molecule has 1 atom stereocenters. The lowest BCUT2D eigenvalue weighted by molar-refractivity contribution is -0.136. The van der Waals surface area contributed by atoms with E-state index in [4.69, 9.17) is 4.74 Å². The fourth-order valence-electron chi connectivity index (χ4n) is 2.67. The molecule has 0 spiro atoms. The van der Waals surface area contributed by atoms with Crippen LogP contribution in [0.5, 0.6) is 11.5 Å². The Labute approximate surface area is 113 Å². The molecule has 1 heterocycles. The zero-order chi connectivity index (χ0) is 14.4. The Morgan fingerprint density at radius 3 is 2.47 bits per heavy atom. The van der Waals surface area contributed by atoms with Crippen LogP contribution in [0.15, 0.2) is 0 Å². The second-order valence-corrected chi connectivity index (χ2v) is 5.44. The molecule has 0 aliphatic carbocycles. The molecule has 1 amide bonds. The summed E-state index contributed by atoms with van der Waals surface area (Å²) in [6.45, 7) is 7.49. The molecule has 1 aromatic carbocycles. The molecule has 104 valence electrons. The van der Waals surface area contributed by atoms with Gasteiger partial charge in [0.15, 0.2) is 5.60 Å². The first-order valence-electron chi connectivity index (χ1n) is 6.54. The molecule has 4 heteroatoms. The number of phenols is 1. The van der Waals surface area contributed by atoms with Gasteiger partial charge >= 0.3 is 0 Å². The molecule has 19 heavy (non-hydrogen) atoms. The predicted octanol–water partition coefficient (Wildman–Crippen LogP) is 2.15. The number of amides is 1. The second-order valence-electron chi connectivity index (χ2n) is 5.44. The van der Waals surface area contributed by atoms with Crippen LogP contribution in [0.25, 0.3) is 0 Å². The Kier molecular flexibility index (Phi) is 3.20. The molecule has 0 fully saturated rings. The normalized spacial score (nSPS) is 21.5. The molecule has 2 rings (SSSR count). The number of likely N-dealkylation sites (N-methyl/N-ethyl adjacent to an activating group) is 1. The number of hydrogen-bond donors (Lipinski definition) is 2. The van der Waals surface area contributed by atoms with Crippen molar-refractivity contribution < 1.29 is 14.6 Å². The van der Waals surface area contributed by atoms with Gasteiger partial charge < -0.3 is 15.2 Å². The monoisotopic (exact) mass is 263 g/mol. The first-order valence-corrected chi connectivity index (χ1v) is 6.54. The zero-order valence-electron chi connectivity index (χ0n) is 12.2. The summed E-state index contributed by atoms with van der Waals surface area (Å²) in [7, 11) is 1.62. The van der Waals surface area contributed by atoms with Crippen molar-refractivity contribution in [3.8, 4) is 11.5 Å². The lowest BCUT2D eigenvalue weighted by Crippen LogP contribution is -2.50. The maximum atomic E-state index is 12.0. The summed E-state index contributed by atoms with van der Waals surface area (Å²) in [4.78, 5) is 12.0. The van der Waals surface area contributed by atoms with Crippen molar-refractivity contribution in [2.24, 2.45) is 0 Å². The highest BCUT2D eigenvalue weighted by atomic mass is 16.5. The van der Waals surface area contributed by atoms with Gasteiger partial charge in [-0.05, 0) is 50.8 Å². The molecule has 2 N–H and O–H groups in total. The van der Waals surface area contributed by atoms with Gasteiger partial charge in [0.25, 0.3) is 5.91 Å². The number of hydrogen-bond acceptors (Lipinski definition) is 3. The van der Waals surface area contributed by atoms with E-state index in [2.05, 4.69) is 5.32 Å². The average molecular weight is 263 g/mol. The highest BCUT2D eigenvalue weighted by molar-refractivity contribution is 5.85. The van der Waals surface area contributed by atoms with Gasteiger partial charge in [-0.3, -0.25) is 4.79 Å². The fourth-order valence-corrected chi connectivity index (χ4v) is 2.67. The third-order valence-corrected chi connectivity index (χ3v) is 4.23. The highest BCUT2D eigenvalue weighted by Gasteiger charge is 2.40. The van der Waals surface area contributed by atoms with Gasteiger partial charge in [0.05, 0.1) is 0 Å². The first kappa shape index (κ1) is 13.7. The number of ether oxygens (including phenoxy) is 1. The molecule has 0 saturated carbocycles. The van der Waals surface area contributed by atoms with Crippen LogP contribution in [-0.2, 0) is 11.2 Å². The molecular formula is C15H21NO3. The van der Waals surface area contributed by atoms with Crippen molar-refractivity contribution >= 4 is 5.91 Å². The van der Waals surface area contributed by atoms with E-state index in [1.54, 1.807) is 7.05 Å². The number of rotatable bonds is 1. The Hall–Kier alpha value is -1.71. The van der Waals surface area contributed by atoms with E-state index in [1.807, 2.05) is 27.7 Å². The maximum absolute atomic E-state index is 12.0. The Bertz CT molecular complexity index is 551. The summed E-state index contributed by atoms with van der Waals surface area (Å²) in [6.07, 6.45) is 1.35. The van der Waals surface area contributed by atoms with E-state index in [-0.39, 0.29) is 5.91 Å². The van der Waals surface area contributed by atoms with Crippen molar-refractivity contribution in [3.05, 3.63) is 22.3 Å². The van der Waals surface area contributed by atoms with Crippen LogP contribution in [0.1, 0.15) is 35.6 Å². The van der Waals surface area contributed by atoms with E-state index in [9.17, 15) is 9.90 Å². The molecule has 0 radical (unpaired) electrons. The molecule has 0 aromatic heterocycles. The molecular weight excluding hydrogens is 242 g/mol. The molecule has 1 aliphatic rings. The lowest BCUT2D eigenvalue weighted by atomic mass is 9.87. The van der Waals surface area contributed by atoms with Crippen LogP contribution in [0.2, 0.25) is 0 Å². The van der Waals surface area contributed by atoms with Crippen molar-refractivity contribution in [2.45, 2.75) is 46.1 Å². The van der Waals surface area contributed by atoms with E-state index in [0.717, 1.165) is 34.4 Å². The fraction of sp³-hybridized carbons (Fsp3) is 0.533. The first-order chi connectivity index (χ1) is 8.81. The molecule has 1 unspecified atom stereocenters. The quantitative estimate of drug-likeness (QED) is 0.816. The summed E-state index contributed by atoms with van der Waals surface area (Å²) in [5.74, 6) is 0.981. The summed E-state index contributed by atoms with van der Waals surface area (Å²) in [5.41, 5.74) is 2.77. The SMILES string of the molecule is CNC(=O)C1(C)CCc2c(C)c(O)c(C)c(C)c2O1. The third kappa shape index (κ3) is 1.95. The van der Waals surface area contributed by atoms with E-state index in [0.29, 0.717) is 12.2 Å². The number of phenolic OH excluding ortho intramolecular Hbond substituents is 1. The van der Waals surface area contributed by atoms with Gasteiger partial charge in [-0.1, -0.05) is 0 Å². The number of benzene rings is 1. The molecule has 1 aliphatic heterocycles. The minimum atomic E-state index is -0.831. The standard InChI is InChI=1S/C15H21NO3/c1-8-9(2)13-11(10(3)12(8)17)6-7-15(4,19-13)14(18)16-5/h17H,6-7H2,1-5H3,(H,16,18). The summed E-state index contributed by atoms with van der Waals surface area (Å²) in [5, 5.41) is 12.7. The van der Waals surface area contributed by atoms with E-state index in [1.165, 1.54) is 0 Å². The van der Waals surface area contributed by atoms with Crippen molar-refractivity contribution in [1.29, 1.82) is 0 Å². The number of carbonyl (C=O) groups excluding carboxylic acids is 1. The van der Waals surface area contributed by atoms with Gasteiger partial charge in [-0.2, -0.15) is 0 Å². The molecule has 0 bridgehead atoms. The average Bonchev–Trinajstić information content (AvgIpc) is 2.41. The van der Waals surface area contributed by atoms with Crippen LogP contribution < -0.4 is 10.1 Å². The lowest BCUT2D eigenvalue weighted by Gasteiger charge is -2.36. The minimum absolute atomic E-state index is 0.110. The summed E-state index contributed by atoms with van der Waals surface area (Å²) >= 11 is 0. The number of carbonyl (C=O) groups is 1. The smallest absolute Gasteiger partial charge is 0.263 e. The van der Waals surface area contributed by atoms with Crippen LogP contribution in [-0.4, -0.2) is 23.7 Å². The summed E-state index contributed by atoms with van der Waals surface area (Å²) in [6, 6.07) is 0. The second kappa shape index (κ2) is 4.44. The van der Waals surface area contributed by atoms with Crippen LogP contribution in [0.3, 0.4) is 0 Å². The largest absolute Gasteiger partial charge is 0.507 e. The Morgan fingerprint density at radius 1 is 1.26 bits per heavy atom. The van der Waals surface area contributed by atoms with Gasteiger partial charge in [0, 0.05) is 19.0 Å². The number of aromatic hydroxyl groups is 1. The van der Waals surface area contributed by atoms with Crippen molar-refractivity contribution in [3.63, 3.8) is 0 Å². The topological polar surface area (TPSA) is 58.6 Å². The molecule has 0 saturated heterocycles. The number of fused-ring (bicyclic) bond motifs is 1. The summed E-state index contributed by atoms with van der Waals surface area (Å²) < 4.78 is 6.00. The predicted molar refractivity (Wildman–Crippen MR) is 73.7 cm³/mol. The number of nitrogens with one attached hydrogen (secondary N) is 1. The van der Waals surface area contributed by atoms with E-state index >= 15 is 0 Å². The van der Waals surface area contributed by atoms with Crippen LogP contribution >= 0.6 is 0 Å². The van der Waals surface area contributed by atoms with Gasteiger partial charge in [0.1, 0.15) is 11.5 Å². The van der Waals surface area contributed by atoms with Gasteiger partial charge in [-0.15, -0.1) is 0 Å². The van der Waals surface area contributed by atoms with Crippen molar-refractivity contribution in [2.75, 3.05) is 7.05 Å². The highest BCUT2D eigenvalue weighted by Crippen LogP contribution is 2.43. The Balaban J connectivity index is 2.55. The van der Waals surface area contributed by atoms with E-state index < -0.39 is 5.60 Å². The van der Waals surface area contributed by atoms with Crippen molar-refractivity contribution in [1.82, 2.24) is 5.32 Å². The van der Waals surface area contributed by atoms with Gasteiger partial charge in [-0.25, -0.2) is 0 Å². The Morgan fingerprint density at radius 2 is 1.89 bits per heavy atom. The minimum Gasteiger partial charge on any atom is -0.507 e.